The van der Waals surface area contributed by atoms with Crippen molar-refractivity contribution in [2.24, 2.45) is 0 Å². The van der Waals surface area contributed by atoms with E-state index in [1.807, 2.05) is 41.3 Å². The van der Waals surface area contributed by atoms with Gasteiger partial charge in [-0.1, -0.05) is 23.7 Å². The van der Waals surface area contributed by atoms with E-state index >= 15 is 0 Å². The first-order valence-electron chi connectivity index (χ1n) is 8.95. The number of carbonyl (C=O) groups excluding carboxylic acids is 1. The van der Waals surface area contributed by atoms with Crippen molar-refractivity contribution in [3.63, 3.8) is 0 Å². The molecular weight excluding hydrogens is 366 g/mol. The van der Waals surface area contributed by atoms with Gasteiger partial charge in [0, 0.05) is 32.7 Å². The lowest BCUT2D eigenvalue weighted by molar-refractivity contribution is 0.132. The summed E-state index contributed by atoms with van der Waals surface area (Å²) in [4.78, 5) is 16.5. The Labute approximate surface area is 164 Å². The van der Waals surface area contributed by atoms with Crippen LogP contribution in [-0.4, -0.2) is 62.3 Å². The fourth-order valence-electron chi connectivity index (χ4n) is 2.90. The molecule has 0 saturated carbocycles. The van der Waals surface area contributed by atoms with Gasteiger partial charge in [0.15, 0.2) is 0 Å². The lowest BCUT2D eigenvalue weighted by Gasteiger charge is -2.34. The fourth-order valence-corrected chi connectivity index (χ4v) is 3.08. The first-order valence-corrected chi connectivity index (χ1v) is 9.33. The molecule has 7 heteroatoms. The molecule has 0 unspecified atom stereocenters. The van der Waals surface area contributed by atoms with Gasteiger partial charge in [0.1, 0.15) is 18.1 Å². The highest BCUT2D eigenvalue weighted by Crippen LogP contribution is 2.21. The van der Waals surface area contributed by atoms with Gasteiger partial charge in [-0.25, -0.2) is 4.79 Å². The first-order chi connectivity index (χ1) is 13.2. The van der Waals surface area contributed by atoms with Crippen molar-refractivity contribution in [1.82, 2.24) is 9.80 Å². The highest BCUT2D eigenvalue weighted by Gasteiger charge is 2.21. The number of hydrogen-bond acceptors (Lipinski definition) is 4. The summed E-state index contributed by atoms with van der Waals surface area (Å²) in [5.41, 5.74) is 0.638. The zero-order valence-electron chi connectivity index (χ0n) is 15.4. The molecule has 1 aliphatic heterocycles. The van der Waals surface area contributed by atoms with Gasteiger partial charge in [0.05, 0.1) is 17.8 Å². The second kappa shape index (κ2) is 9.48. The number of para-hydroxylation sites is 1. The molecule has 2 aromatic carbocycles. The maximum absolute atomic E-state index is 12.4. The van der Waals surface area contributed by atoms with E-state index in [1.54, 1.807) is 19.2 Å². The third kappa shape index (κ3) is 5.52. The lowest BCUT2D eigenvalue weighted by Crippen LogP contribution is -2.50. The summed E-state index contributed by atoms with van der Waals surface area (Å²) in [6.07, 6.45) is 0. The van der Waals surface area contributed by atoms with Crippen LogP contribution < -0.4 is 14.8 Å². The van der Waals surface area contributed by atoms with Gasteiger partial charge in [-0.2, -0.15) is 0 Å². The molecule has 1 aliphatic rings. The molecule has 0 bridgehead atoms. The van der Waals surface area contributed by atoms with Gasteiger partial charge < -0.3 is 19.7 Å². The Morgan fingerprint density at radius 2 is 1.70 bits per heavy atom. The topological polar surface area (TPSA) is 54.0 Å². The summed E-state index contributed by atoms with van der Waals surface area (Å²) in [5, 5.41) is 3.41. The maximum Gasteiger partial charge on any atom is 0.321 e. The molecule has 1 heterocycles. The standard InChI is InChI=1S/C20H24ClN3O3/c1-26-16-6-8-17(9-7-16)27-15-14-23-10-12-24(13-11-23)20(25)22-19-5-3-2-4-18(19)21/h2-9H,10-15H2,1H3,(H,22,25). The van der Waals surface area contributed by atoms with Crippen LogP contribution in [0.1, 0.15) is 0 Å². The van der Waals surface area contributed by atoms with Crippen molar-refractivity contribution in [3.8, 4) is 11.5 Å². The van der Waals surface area contributed by atoms with E-state index < -0.39 is 0 Å². The zero-order chi connectivity index (χ0) is 19.1. The molecule has 144 valence electrons. The number of ether oxygens (including phenoxy) is 2. The summed E-state index contributed by atoms with van der Waals surface area (Å²) < 4.78 is 10.9. The number of urea groups is 1. The van der Waals surface area contributed by atoms with Crippen molar-refractivity contribution >= 4 is 23.3 Å². The Hall–Kier alpha value is -2.44. The van der Waals surface area contributed by atoms with E-state index in [9.17, 15) is 4.79 Å². The van der Waals surface area contributed by atoms with E-state index in [-0.39, 0.29) is 6.03 Å². The van der Waals surface area contributed by atoms with Gasteiger partial charge in [0.2, 0.25) is 0 Å². The number of hydrogen-bond donors (Lipinski definition) is 1. The second-order valence-electron chi connectivity index (χ2n) is 6.26. The molecule has 1 saturated heterocycles. The summed E-state index contributed by atoms with van der Waals surface area (Å²) in [5.74, 6) is 1.64. The highest BCUT2D eigenvalue weighted by atomic mass is 35.5. The van der Waals surface area contributed by atoms with Crippen LogP contribution in [0.15, 0.2) is 48.5 Å². The Morgan fingerprint density at radius 1 is 1.04 bits per heavy atom. The molecule has 1 N–H and O–H groups in total. The molecule has 2 aromatic rings. The minimum Gasteiger partial charge on any atom is -0.497 e. The predicted octanol–water partition coefficient (Wildman–Crippen LogP) is 3.58. The van der Waals surface area contributed by atoms with E-state index in [1.165, 1.54) is 0 Å². The number of halogens is 1. The molecule has 1 fully saturated rings. The molecule has 0 spiro atoms. The van der Waals surface area contributed by atoms with Crippen molar-refractivity contribution in [3.05, 3.63) is 53.6 Å². The number of amides is 2. The van der Waals surface area contributed by atoms with Crippen molar-refractivity contribution < 1.29 is 14.3 Å². The van der Waals surface area contributed by atoms with Crippen LogP contribution in [0.2, 0.25) is 5.02 Å². The van der Waals surface area contributed by atoms with Gasteiger partial charge in [0.25, 0.3) is 0 Å². The summed E-state index contributed by atoms with van der Waals surface area (Å²) >= 11 is 6.09. The van der Waals surface area contributed by atoms with Crippen molar-refractivity contribution in [1.29, 1.82) is 0 Å². The monoisotopic (exact) mass is 389 g/mol. The molecule has 27 heavy (non-hydrogen) atoms. The Bertz CT molecular complexity index is 746. The average molecular weight is 390 g/mol. The largest absolute Gasteiger partial charge is 0.497 e. The molecule has 0 aliphatic carbocycles. The van der Waals surface area contributed by atoms with E-state index in [0.29, 0.717) is 30.4 Å². The van der Waals surface area contributed by atoms with Gasteiger partial charge >= 0.3 is 6.03 Å². The smallest absolute Gasteiger partial charge is 0.321 e. The van der Waals surface area contributed by atoms with Gasteiger partial charge in [-0.05, 0) is 36.4 Å². The number of piperazine rings is 1. The van der Waals surface area contributed by atoms with Crippen LogP contribution >= 0.6 is 11.6 Å². The lowest BCUT2D eigenvalue weighted by atomic mass is 10.3. The quantitative estimate of drug-likeness (QED) is 0.820. The Morgan fingerprint density at radius 3 is 2.37 bits per heavy atom. The molecule has 3 rings (SSSR count). The van der Waals surface area contributed by atoms with Crippen molar-refractivity contribution in [2.45, 2.75) is 0 Å². The van der Waals surface area contributed by atoms with E-state index in [0.717, 1.165) is 31.1 Å². The molecule has 0 radical (unpaired) electrons. The van der Waals surface area contributed by atoms with Crippen LogP contribution in [-0.2, 0) is 0 Å². The minimum absolute atomic E-state index is 0.114. The maximum atomic E-state index is 12.4. The SMILES string of the molecule is COc1ccc(OCCN2CCN(C(=O)Nc3ccccc3Cl)CC2)cc1. The zero-order valence-corrected chi connectivity index (χ0v) is 16.1. The average Bonchev–Trinajstić information content (AvgIpc) is 2.71. The molecule has 0 aromatic heterocycles. The molecular formula is C20H24ClN3O3. The number of nitrogens with zero attached hydrogens (tertiary/aromatic N) is 2. The minimum atomic E-state index is -0.114. The van der Waals surface area contributed by atoms with Crippen LogP contribution in [0.4, 0.5) is 10.5 Å². The number of benzene rings is 2. The fraction of sp³-hybridized carbons (Fsp3) is 0.350. The summed E-state index contributed by atoms with van der Waals surface area (Å²) in [6.45, 7) is 4.44. The van der Waals surface area contributed by atoms with Crippen LogP contribution in [0.25, 0.3) is 0 Å². The number of anilines is 1. The van der Waals surface area contributed by atoms with Gasteiger partial charge in [-0.3, -0.25) is 4.90 Å². The first kappa shape index (κ1) is 19.3. The number of methoxy groups -OCH3 is 1. The number of carbonyl (C=O) groups is 1. The van der Waals surface area contributed by atoms with Crippen LogP contribution in [0, 0.1) is 0 Å². The third-order valence-corrected chi connectivity index (χ3v) is 4.84. The normalized spacial score (nSPS) is 14.7. The van der Waals surface area contributed by atoms with Crippen LogP contribution in [0.5, 0.6) is 11.5 Å². The molecule has 2 amide bonds. The van der Waals surface area contributed by atoms with Gasteiger partial charge in [-0.15, -0.1) is 0 Å². The summed E-state index contributed by atoms with van der Waals surface area (Å²) in [6, 6.07) is 14.7. The number of nitrogens with one attached hydrogen (secondary N) is 1. The summed E-state index contributed by atoms with van der Waals surface area (Å²) in [7, 11) is 1.64. The second-order valence-corrected chi connectivity index (χ2v) is 6.67. The predicted molar refractivity (Wildman–Crippen MR) is 107 cm³/mol. The third-order valence-electron chi connectivity index (χ3n) is 4.51. The molecule has 6 nitrogen and oxygen atoms in total. The highest BCUT2D eigenvalue weighted by molar-refractivity contribution is 6.33. The van der Waals surface area contributed by atoms with Crippen LogP contribution in [0.3, 0.4) is 0 Å². The number of rotatable bonds is 6. The van der Waals surface area contributed by atoms with E-state index in [4.69, 9.17) is 21.1 Å². The molecule has 0 atom stereocenters. The van der Waals surface area contributed by atoms with E-state index in [2.05, 4.69) is 10.2 Å². The Balaban J connectivity index is 1.38. The van der Waals surface area contributed by atoms with Crippen molar-refractivity contribution in [2.75, 3.05) is 51.8 Å². The Kier molecular flexibility index (Phi) is 6.79.